The summed E-state index contributed by atoms with van der Waals surface area (Å²) >= 11 is 7.01. The van der Waals surface area contributed by atoms with Crippen LogP contribution in [0.4, 0.5) is 5.13 Å². The smallest absolute Gasteiger partial charge is 0.195 e. The van der Waals surface area contributed by atoms with Crippen LogP contribution in [-0.4, -0.2) is 32.8 Å². The zero-order chi connectivity index (χ0) is 13.9. The van der Waals surface area contributed by atoms with Crippen LogP contribution in [0.1, 0.15) is 32.6 Å². The first-order chi connectivity index (χ1) is 9.79. The van der Waals surface area contributed by atoms with Crippen molar-refractivity contribution >= 4 is 28.7 Å². The number of anilines is 1. The topological polar surface area (TPSA) is 49.7 Å². The van der Waals surface area contributed by atoms with Crippen LogP contribution in [0.2, 0.25) is 0 Å². The van der Waals surface area contributed by atoms with Crippen molar-refractivity contribution in [2.45, 2.75) is 39.2 Å². The van der Waals surface area contributed by atoms with Gasteiger partial charge in [-0.15, -0.1) is 11.3 Å². The maximum absolute atomic E-state index is 5.31. The fourth-order valence-corrected chi connectivity index (χ4v) is 3.54. The minimum atomic E-state index is 0.684. The fourth-order valence-electron chi connectivity index (χ4n) is 2.46. The Morgan fingerprint density at radius 2 is 2.20 bits per heavy atom. The normalized spacial score (nSPS) is 15.2. The molecule has 0 atom stereocenters. The van der Waals surface area contributed by atoms with Crippen molar-refractivity contribution in [2.75, 3.05) is 18.0 Å². The molecule has 0 aliphatic carbocycles. The summed E-state index contributed by atoms with van der Waals surface area (Å²) in [5.41, 5.74) is 0.931. The molecule has 1 fully saturated rings. The van der Waals surface area contributed by atoms with Gasteiger partial charge in [0.15, 0.2) is 15.7 Å². The van der Waals surface area contributed by atoms with E-state index in [4.69, 9.17) is 17.2 Å². The monoisotopic (exact) mass is 309 g/mol. The molecule has 108 valence electrons. The van der Waals surface area contributed by atoms with E-state index < -0.39 is 0 Å². The highest BCUT2D eigenvalue weighted by molar-refractivity contribution is 7.71. The molecule has 1 aliphatic rings. The van der Waals surface area contributed by atoms with Gasteiger partial charge in [0.05, 0.1) is 0 Å². The van der Waals surface area contributed by atoms with Gasteiger partial charge in [0.25, 0.3) is 0 Å². The first-order valence-electron chi connectivity index (χ1n) is 7.15. The van der Waals surface area contributed by atoms with Gasteiger partial charge in [-0.2, -0.15) is 5.10 Å². The van der Waals surface area contributed by atoms with Gasteiger partial charge < -0.3 is 4.90 Å². The molecule has 7 heteroatoms. The van der Waals surface area contributed by atoms with E-state index in [0.29, 0.717) is 4.77 Å². The van der Waals surface area contributed by atoms with Crippen LogP contribution >= 0.6 is 23.6 Å². The summed E-state index contributed by atoms with van der Waals surface area (Å²) in [6.07, 6.45) is 4.78. The Bertz CT molecular complexity index is 621. The number of aromatic nitrogens is 4. The van der Waals surface area contributed by atoms with Crippen molar-refractivity contribution in [3.05, 3.63) is 10.2 Å². The molecule has 0 aromatic carbocycles. The molecule has 0 unspecified atom stereocenters. The van der Waals surface area contributed by atoms with E-state index in [0.717, 1.165) is 49.1 Å². The minimum Gasteiger partial charge on any atom is -0.348 e. The van der Waals surface area contributed by atoms with Crippen LogP contribution < -0.4 is 4.90 Å². The first-order valence-corrected chi connectivity index (χ1v) is 8.44. The number of hydrogen-bond acceptors (Lipinski definition) is 5. The lowest BCUT2D eigenvalue weighted by molar-refractivity contribution is 0.628. The SMILES string of the molecule is CCCCn1c(-c2csc(N3CCCC3)n2)n[nH]c1=S. The standard InChI is InChI=1S/C13H19N5S2/c1-2-3-8-18-11(15-16-12(18)19)10-9-20-13(14-10)17-6-4-5-7-17/h9H,2-8H2,1H3,(H,16,19). The maximum Gasteiger partial charge on any atom is 0.195 e. The molecule has 1 N–H and O–H groups in total. The van der Waals surface area contributed by atoms with E-state index >= 15 is 0 Å². The molecular weight excluding hydrogens is 290 g/mol. The van der Waals surface area contributed by atoms with Gasteiger partial charge in [0.2, 0.25) is 0 Å². The van der Waals surface area contributed by atoms with Gasteiger partial charge in [-0.1, -0.05) is 13.3 Å². The minimum absolute atomic E-state index is 0.684. The van der Waals surface area contributed by atoms with Crippen molar-refractivity contribution in [1.29, 1.82) is 0 Å². The molecule has 1 aliphatic heterocycles. The van der Waals surface area contributed by atoms with Crippen molar-refractivity contribution < 1.29 is 0 Å². The number of thiazole rings is 1. The molecule has 0 saturated carbocycles. The number of aromatic amines is 1. The molecule has 0 amide bonds. The van der Waals surface area contributed by atoms with Gasteiger partial charge >= 0.3 is 0 Å². The van der Waals surface area contributed by atoms with E-state index in [1.165, 1.54) is 12.8 Å². The Morgan fingerprint density at radius 3 is 2.95 bits per heavy atom. The second-order valence-electron chi connectivity index (χ2n) is 5.07. The van der Waals surface area contributed by atoms with E-state index in [2.05, 4.69) is 32.0 Å². The molecule has 0 radical (unpaired) electrons. The summed E-state index contributed by atoms with van der Waals surface area (Å²) in [6.45, 7) is 5.32. The highest BCUT2D eigenvalue weighted by Gasteiger charge is 2.18. The first kappa shape index (κ1) is 13.8. The van der Waals surface area contributed by atoms with Crippen LogP contribution in [0.15, 0.2) is 5.38 Å². The summed E-state index contributed by atoms with van der Waals surface area (Å²) in [7, 11) is 0. The van der Waals surface area contributed by atoms with E-state index in [-0.39, 0.29) is 0 Å². The Balaban J connectivity index is 1.87. The molecule has 2 aromatic rings. The summed E-state index contributed by atoms with van der Waals surface area (Å²) in [5, 5.41) is 10.4. The zero-order valence-corrected chi connectivity index (χ0v) is 13.3. The van der Waals surface area contributed by atoms with Crippen molar-refractivity contribution in [1.82, 2.24) is 19.7 Å². The van der Waals surface area contributed by atoms with Crippen LogP contribution in [0.3, 0.4) is 0 Å². The molecule has 1 saturated heterocycles. The molecular formula is C13H19N5S2. The van der Waals surface area contributed by atoms with E-state index in [1.54, 1.807) is 11.3 Å². The van der Waals surface area contributed by atoms with Gasteiger partial charge in [-0.05, 0) is 31.5 Å². The molecule has 3 heterocycles. The second-order valence-corrected chi connectivity index (χ2v) is 6.29. The second kappa shape index (κ2) is 6.05. The lowest BCUT2D eigenvalue weighted by atomic mass is 10.3. The van der Waals surface area contributed by atoms with Crippen molar-refractivity contribution in [3.63, 3.8) is 0 Å². The predicted molar refractivity (Wildman–Crippen MR) is 84.9 cm³/mol. The lowest BCUT2D eigenvalue weighted by Gasteiger charge is -2.12. The van der Waals surface area contributed by atoms with Crippen molar-refractivity contribution in [3.8, 4) is 11.5 Å². The number of nitrogens with zero attached hydrogens (tertiary/aromatic N) is 4. The number of rotatable bonds is 5. The third kappa shape index (κ3) is 2.64. The highest BCUT2D eigenvalue weighted by atomic mass is 32.1. The van der Waals surface area contributed by atoms with Gasteiger partial charge in [-0.25, -0.2) is 4.98 Å². The van der Waals surface area contributed by atoms with Gasteiger partial charge in [-0.3, -0.25) is 9.67 Å². The average Bonchev–Trinajstić information content (AvgIpc) is 3.16. The number of hydrogen-bond donors (Lipinski definition) is 1. The molecule has 2 aromatic heterocycles. The summed E-state index contributed by atoms with van der Waals surface area (Å²) in [4.78, 5) is 7.09. The zero-order valence-electron chi connectivity index (χ0n) is 11.6. The average molecular weight is 309 g/mol. The molecule has 0 bridgehead atoms. The van der Waals surface area contributed by atoms with Crippen LogP contribution in [0.25, 0.3) is 11.5 Å². The summed E-state index contributed by atoms with van der Waals surface area (Å²) in [5.74, 6) is 0.866. The van der Waals surface area contributed by atoms with Gasteiger partial charge in [0, 0.05) is 25.0 Å². The molecule has 3 rings (SSSR count). The predicted octanol–water partition coefficient (Wildman–Crippen LogP) is 3.46. The molecule has 5 nitrogen and oxygen atoms in total. The maximum atomic E-state index is 5.31. The Morgan fingerprint density at radius 1 is 1.40 bits per heavy atom. The third-order valence-electron chi connectivity index (χ3n) is 3.59. The van der Waals surface area contributed by atoms with Crippen LogP contribution in [0, 0.1) is 4.77 Å². The number of H-pyrrole nitrogens is 1. The lowest BCUT2D eigenvalue weighted by Crippen LogP contribution is -2.17. The quantitative estimate of drug-likeness (QED) is 0.859. The van der Waals surface area contributed by atoms with Crippen molar-refractivity contribution in [2.24, 2.45) is 0 Å². The van der Waals surface area contributed by atoms with E-state index in [1.807, 2.05) is 0 Å². The van der Waals surface area contributed by atoms with Crippen LogP contribution in [0.5, 0.6) is 0 Å². The van der Waals surface area contributed by atoms with E-state index in [9.17, 15) is 0 Å². The fraction of sp³-hybridized carbons (Fsp3) is 0.615. The van der Waals surface area contributed by atoms with Gasteiger partial charge in [0.1, 0.15) is 5.69 Å². The molecule has 20 heavy (non-hydrogen) atoms. The molecule has 0 spiro atoms. The highest BCUT2D eigenvalue weighted by Crippen LogP contribution is 2.28. The van der Waals surface area contributed by atoms with Crippen LogP contribution in [-0.2, 0) is 6.54 Å². The Hall–Kier alpha value is -1.21. The largest absolute Gasteiger partial charge is 0.348 e. The Kier molecular flexibility index (Phi) is 4.16. The summed E-state index contributed by atoms with van der Waals surface area (Å²) in [6, 6.07) is 0. The number of nitrogens with one attached hydrogen (secondary N) is 1. The third-order valence-corrected chi connectivity index (χ3v) is 4.80. The summed E-state index contributed by atoms with van der Waals surface area (Å²) < 4.78 is 2.74. The Labute approximate surface area is 127 Å². The number of unbranched alkanes of at least 4 members (excludes halogenated alkanes) is 1.